The molecule has 0 aliphatic heterocycles. The fourth-order valence-corrected chi connectivity index (χ4v) is 1.62. The number of methoxy groups -OCH3 is 1. The third kappa shape index (κ3) is 2.27. The summed E-state index contributed by atoms with van der Waals surface area (Å²) in [6.07, 6.45) is -0.0921. The Hall–Kier alpha value is -2.64. The first kappa shape index (κ1) is 13.8. The number of nitrogens with zero attached hydrogens (tertiary/aromatic N) is 1. The zero-order chi connectivity index (χ0) is 14.9. The van der Waals surface area contributed by atoms with Crippen molar-refractivity contribution in [3.05, 3.63) is 40.2 Å². The Balaban J connectivity index is 2.74. The molecule has 0 fully saturated rings. The van der Waals surface area contributed by atoms with Crippen molar-refractivity contribution in [2.45, 2.75) is 0 Å². The van der Waals surface area contributed by atoms with E-state index >= 15 is 0 Å². The van der Waals surface area contributed by atoms with E-state index in [2.05, 4.69) is 9.47 Å². The molecular formula is C12H9F2NO5. The second-order valence-corrected chi connectivity index (χ2v) is 3.67. The van der Waals surface area contributed by atoms with Gasteiger partial charge in [0.25, 0.3) is 0 Å². The van der Waals surface area contributed by atoms with Gasteiger partial charge in [0, 0.05) is 6.07 Å². The molecule has 0 unspecified atom stereocenters. The summed E-state index contributed by atoms with van der Waals surface area (Å²) in [7, 11) is 2.31. The third-order valence-electron chi connectivity index (χ3n) is 2.54. The predicted molar refractivity (Wildman–Crippen MR) is 63.7 cm³/mol. The van der Waals surface area contributed by atoms with Crippen LogP contribution in [-0.4, -0.2) is 25.1 Å². The van der Waals surface area contributed by atoms with Gasteiger partial charge in [-0.1, -0.05) is 0 Å². The van der Waals surface area contributed by atoms with E-state index in [1.165, 1.54) is 7.11 Å². The molecule has 2 rings (SSSR count). The van der Waals surface area contributed by atoms with Crippen LogP contribution >= 0.6 is 0 Å². The first-order valence-corrected chi connectivity index (χ1v) is 5.32. The summed E-state index contributed by atoms with van der Waals surface area (Å²) < 4.78 is 36.3. The highest BCUT2D eigenvalue weighted by atomic mass is 19.2. The van der Waals surface area contributed by atoms with E-state index in [1.807, 2.05) is 0 Å². The Labute approximate surface area is 111 Å². The molecule has 1 heterocycles. The largest absolute Gasteiger partial charge is 0.513 e. The number of aromatic nitrogens is 1. The molecule has 0 bridgehead atoms. The average Bonchev–Trinajstić information content (AvgIpc) is 2.44. The molecule has 0 saturated carbocycles. The number of halogens is 2. The predicted octanol–water partition coefficient (Wildman–Crippen LogP) is 1.48. The van der Waals surface area contributed by atoms with Crippen molar-refractivity contribution in [1.29, 1.82) is 0 Å². The van der Waals surface area contributed by atoms with Gasteiger partial charge in [0.05, 0.1) is 24.2 Å². The van der Waals surface area contributed by atoms with Crippen LogP contribution in [0.1, 0.15) is 0 Å². The van der Waals surface area contributed by atoms with Crippen LogP contribution in [-0.2, 0) is 4.74 Å². The van der Waals surface area contributed by atoms with Crippen molar-refractivity contribution in [2.24, 2.45) is 0 Å². The molecule has 20 heavy (non-hydrogen) atoms. The van der Waals surface area contributed by atoms with E-state index in [9.17, 15) is 18.4 Å². The molecule has 0 aliphatic rings. The minimum atomic E-state index is -1.20. The quantitative estimate of drug-likeness (QED) is 0.782. The first-order chi connectivity index (χ1) is 9.47. The monoisotopic (exact) mass is 285 g/mol. The number of hydrogen-bond acceptors (Lipinski definition) is 5. The zero-order valence-electron chi connectivity index (χ0n) is 10.5. The topological polar surface area (TPSA) is 66.8 Å². The lowest BCUT2D eigenvalue weighted by Crippen LogP contribution is -2.19. The summed E-state index contributed by atoms with van der Waals surface area (Å²) in [6, 6.07) is 1.50. The van der Waals surface area contributed by atoms with E-state index in [1.54, 1.807) is 0 Å². The number of pyridine rings is 1. The van der Waals surface area contributed by atoms with Crippen molar-refractivity contribution >= 4 is 17.1 Å². The highest BCUT2D eigenvalue weighted by Crippen LogP contribution is 2.18. The van der Waals surface area contributed by atoms with E-state index in [-0.39, 0.29) is 10.9 Å². The SMILES string of the molecule is COC(=O)Oc1cn(OC)c2cc(F)c(F)cc2c1=O. The average molecular weight is 285 g/mol. The zero-order valence-corrected chi connectivity index (χ0v) is 10.5. The van der Waals surface area contributed by atoms with E-state index in [4.69, 9.17) is 4.84 Å². The number of carbonyl (C=O) groups is 1. The highest BCUT2D eigenvalue weighted by Gasteiger charge is 2.16. The normalized spacial score (nSPS) is 10.4. The lowest BCUT2D eigenvalue weighted by Gasteiger charge is -2.11. The van der Waals surface area contributed by atoms with Crippen LogP contribution in [0.2, 0.25) is 0 Å². The van der Waals surface area contributed by atoms with E-state index in [0.717, 1.165) is 24.1 Å². The van der Waals surface area contributed by atoms with Crippen LogP contribution in [0.15, 0.2) is 23.1 Å². The summed E-state index contributed by atoms with van der Waals surface area (Å²) in [5, 5.41) is -0.202. The van der Waals surface area contributed by atoms with Gasteiger partial charge in [0.1, 0.15) is 7.11 Å². The Bertz CT molecular complexity index is 741. The molecule has 0 radical (unpaired) electrons. The molecule has 1 aromatic carbocycles. The van der Waals surface area contributed by atoms with Gasteiger partial charge >= 0.3 is 6.16 Å². The van der Waals surface area contributed by atoms with Gasteiger partial charge in [-0.15, -0.1) is 0 Å². The molecule has 0 amide bonds. The van der Waals surface area contributed by atoms with E-state index < -0.39 is 29.0 Å². The maximum Gasteiger partial charge on any atom is 0.513 e. The van der Waals surface area contributed by atoms with Gasteiger partial charge in [-0.05, 0) is 6.07 Å². The molecule has 0 spiro atoms. The summed E-state index contributed by atoms with van der Waals surface area (Å²) in [4.78, 5) is 27.9. The molecule has 8 heteroatoms. The van der Waals surface area contributed by atoms with Gasteiger partial charge in [0.2, 0.25) is 11.2 Å². The van der Waals surface area contributed by atoms with Gasteiger partial charge in [0.15, 0.2) is 11.6 Å². The minimum absolute atomic E-state index is 0.00591. The Morgan fingerprint density at radius 3 is 2.45 bits per heavy atom. The van der Waals surface area contributed by atoms with Crippen LogP contribution in [0.3, 0.4) is 0 Å². The minimum Gasteiger partial charge on any atom is -0.437 e. The van der Waals surface area contributed by atoms with Crippen LogP contribution in [0.4, 0.5) is 13.6 Å². The molecule has 0 atom stereocenters. The second-order valence-electron chi connectivity index (χ2n) is 3.67. The fourth-order valence-electron chi connectivity index (χ4n) is 1.62. The van der Waals surface area contributed by atoms with Crippen LogP contribution in [0.5, 0.6) is 5.75 Å². The standard InChI is InChI=1S/C12H9F2NO5/c1-18-12(17)20-10-5-15(19-2)9-4-8(14)7(13)3-6(9)11(10)16/h3-5H,1-2H3. The highest BCUT2D eigenvalue weighted by molar-refractivity contribution is 5.81. The molecule has 1 aromatic heterocycles. The van der Waals surface area contributed by atoms with Gasteiger partial charge in [-0.25, -0.2) is 13.6 Å². The fraction of sp³-hybridized carbons (Fsp3) is 0.167. The van der Waals surface area contributed by atoms with Crippen molar-refractivity contribution in [3.63, 3.8) is 0 Å². The Morgan fingerprint density at radius 2 is 1.85 bits per heavy atom. The van der Waals surface area contributed by atoms with Gasteiger partial charge in [-0.3, -0.25) is 4.79 Å². The van der Waals surface area contributed by atoms with Gasteiger partial charge in [-0.2, -0.15) is 4.73 Å². The maximum atomic E-state index is 13.2. The maximum absolute atomic E-state index is 13.2. The molecule has 0 saturated heterocycles. The van der Waals surface area contributed by atoms with Crippen LogP contribution in [0, 0.1) is 11.6 Å². The molecule has 106 valence electrons. The molecular weight excluding hydrogens is 276 g/mol. The van der Waals surface area contributed by atoms with Crippen LogP contribution in [0.25, 0.3) is 10.9 Å². The summed E-state index contributed by atoms with van der Waals surface area (Å²) in [5.41, 5.74) is -0.800. The number of benzene rings is 1. The molecule has 0 aliphatic carbocycles. The molecule has 0 N–H and O–H groups in total. The molecule has 2 aromatic rings. The van der Waals surface area contributed by atoms with Gasteiger partial charge < -0.3 is 14.3 Å². The van der Waals surface area contributed by atoms with E-state index in [0.29, 0.717) is 6.07 Å². The molecule has 6 nitrogen and oxygen atoms in total. The number of fused-ring (bicyclic) bond motifs is 1. The summed E-state index contributed by atoms with van der Waals surface area (Å²) >= 11 is 0. The number of ether oxygens (including phenoxy) is 2. The Kier molecular flexibility index (Phi) is 3.55. The number of rotatable bonds is 2. The van der Waals surface area contributed by atoms with Crippen molar-refractivity contribution in [3.8, 4) is 5.75 Å². The smallest absolute Gasteiger partial charge is 0.437 e. The summed E-state index contributed by atoms with van der Waals surface area (Å²) in [5.74, 6) is -2.77. The summed E-state index contributed by atoms with van der Waals surface area (Å²) in [6.45, 7) is 0. The first-order valence-electron chi connectivity index (χ1n) is 5.32. The van der Waals surface area contributed by atoms with Crippen molar-refractivity contribution in [1.82, 2.24) is 4.73 Å². The third-order valence-corrected chi connectivity index (χ3v) is 2.54. The lowest BCUT2D eigenvalue weighted by molar-refractivity contribution is 0.119. The van der Waals surface area contributed by atoms with Crippen molar-refractivity contribution < 1.29 is 27.9 Å². The number of carbonyl (C=O) groups excluding carboxylic acids is 1. The lowest BCUT2D eigenvalue weighted by atomic mass is 10.2. The number of hydrogen-bond donors (Lipinski definition) is 0. The Morgan fingerprint density at radius 1 is 1.20 bits per heavy atom. The second kappa shape index (κ2) is 5.16. The van der Waals surface area contributed by atoms with Crippen molar-refractivity contribution in [2.75, 3.05) is 14.2 Å². The van der Waals surface area contributed by atoms with Crippen LogP contribution < -0.4 is 15.0 Å².